The molecule has 3 aliphatic rings. The summed E-state index contributed by atoms with van der Waals surface area (Å²) < 4.78 is 0. The van der Waals surface area contributed by atoms with E-state index in [0.29, 0.717) is 11.5 Å². The van der Waals surface area contributed by atoms with Crippen molar-refractivity contribution in [2.24, 2.45) is 16.3 Å². The number of hydrogen-bond acceptors (Lipinski definition) is 3. The molecule has 1 aromatic rings. The van der Waals surface area contributed by atoms with Crippen LogP contribution in [0.1, 0.15) is 38.5 Å². The Kier molecular flexibility index (Phi) is 5.95. The number of guanidine groups is 1. The third-order valence-corrected chi connectivity index (χ3v) is 6.75. The molecule has 3 fully saturated rings. The van der Waals surface area contributed by atoms with Crippen molar-refractivity contribution in [1.29, 1.82) is 0 Å². The lowest BCUT2D eigenvalue weighted by atomic mass is 10.0. The van der Waals surface area contributed by atoms with Crippen molar-refractivity contribution in [3.63, 3.8) is 0 Å². The zero-order valence-electron chi connectivity index (χ0n) is 14.5. The number of aliphatic imine (C=N–C) groups is 1. The van der Waals surface area contributed by atoms with Gasteiger partial charge in [-0.3, -0.25) is 4.99 Å². The van der Waals surface area contributed by atoms with Crippen molar-refractivity contribution in [3.05, 3.63) is 17.5 Å². The minimum atomic E-state index is 0. The smallest absolute Gasteiger partial charge is 0.191 e. The highest BCUT2D eigenvalue weighted by Gasteiger charge is 2.53. The molecule has 2 heterocycles. The van der Waals surface area contributed by atoms with Crippen LogP contribution >= 0.6 is 35.3 Å². The van der Waals surface area contributed by atoms with Crippen LogP contribution in [0.15, 0.2) is 22.5 Å². The minimum Gasteiger partial charge on any atom is -0.363 e. The Morgan fingerprint density at radius 1 is 1.29 bits per heavy atom. The van der Waals surface area contributed by atoms with Crippen LogP contribution in [-0.4, -0.2) is 38.7 Å². The van der Waals surface area contributed by atoms with Crippen LogP contribution in [0.5, 0.6) is 0 Å². The van der Waals surface area contributed by atoms with Crippen molar-refractivity contribution < 1.29 is 0 Å². The van der Waals surface area contributed by atoms with E-state index in [0.717, 1.165) is 31.5 Å². The maximum absolute atomic E-state index is 4.44. The zero-order chi connectivity index (χ0) is 15.7. The van der Waals surface area contributed by atoms with Gasteiger partial charge in [-0.2, -0.15) is 0 Å². The number of thiophene rings is 1. The Labute approximate surface area is 166 Å². The molecule has 6 heteroatoms. The molecule has 0 amide bonds. The Bertz CT molecular complexity index is 543. The largest absolute Gasteiger partial charge is 0.363 e. The van der Waals surface area contributed by atoms with Gasteiger partial charge in [0.1, 0.15) is 0 Å². The number of halogens is 1. The summed E-state index contributed by atoms with van der Waals surface area (Å²) in [5.41, 5.74) is 0.625. The molecular weight excluding hydrogens is 431 g/mol. The van der Waals surface area contributed by atoms with Gasteiger partial charge in [0.15, 0.2) is 5.96 Å². The Balaban J connectivity index is 0.00000169. The van der Waals surface area contributed by atoms with E-state index in [-0.39, 0.29) is 24.0 Å². The molecule has 2 aliphatic carbocycles. The van der Waals surface area contributed by atoms with Gasteiger partial charge in [0.05, 0.1) is 5.00 Å². The number of anilines is 1. The average Bonchev–Trinajstić information content (AvgIpc) is 3.50. The molecule has 1 aliphatic heterocycles. The lowest BCUT2D eigenvalue weighted by molar-refractivity contribution is 0.422. The van der Waals surface area contributed by atoms with E-state index in [2.05, 4.69) is 38.0 Å². The summed E-state index contributed by atoms with van der Waals surface area (Å²) in [5, 5.41) is 10.8. The Morgan fingerprint density at radius 2 is 2.04 bits per heavy atom. The fourth-order valence-corrected chi connectivity index (χ4v) is 4.71. The van der Waals surface area contributed by atoms with E-state index < -0.39 is 0 Å². The average molecular weight is 460 g/mol. The normalized spacial score (nSPS) is 23.5. The molecular formula is C18H29IN4S. The van der Waals surface area contributed by atoms with Gasteiger partial charge in [-0.05, 0) is 67.4 Å². The fourth-order valence-electron chi connectivity index (χ4n) is 3.93. The predicted molar refractivity (Wildman–Crippen MR) is 114 cm³/mol. The lowest BCUT2D eigenvalue weighted by Crippen LogP contribution is -2.49. The van der Waals surface area contributed by atoms with Gasteiger partial charge in [-0.25, -0.2) is 0 Å². The zero-order valence-corrected chi connectivity index (χ0v) is 17.6. The topological polar surface area (TPSA) is 39.7 Å². The van der Waals surface area contributed by atoms with Crippen LogP contribution in [0.3, 0.4) is 0 Å². The highest BCUT2D eigenvalue weighted by atomic mass is 127. The van der Waals surface area contributed by atoms with Gasteiger partial charge < -0.3 is 15.5 Å². The van der Waals surface area contributed by atoms with Gasteiger partial charge in [-0.1, -0.05) is 0 Å². The van der Waals surface area contributed by atoms with E-state index in [1.165, 1.54) is 43.5 Å². The SMILES string of the molecule is CN=C(NCC1(C2CC2)CC1)NC1CCN(c2cccs2)CC1.I. The summed E-state index contributed by atoms with van der Waals surface area (Å²) >= 11 is 1.84. The number of piperidine rings is 1. The van der Waals surface area contributed by atoms with Gasteiger partial charge in [-0.15, -0.1) is 35.3 Å². The van der Waals surface area contributed by atoms with E-state index in [4.69, 9.17) is 0 Å². The molecule has 24 heavy (non-hydrogen) atoms. The monoisotopic (exact) mass is 460 g/mol. The van der Waals surface area contributed by atoms with Gasteiger partial charge >= 0.3 is 0 Å². The second-order valence-corrected chi connectivity index (χ2v) is 8.35. The second-order valence-electron chi connectivity index (χ2n) is 7.42. The number of nitrogens with one attached hydrogen (secondary N) is 2. The molecule has 0 atom stereocenters. The summed E-state index contributed by atoms with van der Waals surface area (Å²) in [7, 11) is 1.90. The van der Waals surface area contributed by atoms with Crippen molar-refractivity contribution >= 4 is 46.3 Å². The molecule has 0 spiro atoms. The first kappa shape index (κ1) is 18.3. The molecule has 0 bridgehead atoms. The number of rotatable bonds is 5. The summed E-state index contributed by atoms with van der Waals surface area (Å²) in [6.45, 7) is 3.40. The van der Waals surface area contributed by atoms with Crippen LogP contribution in [0.25, 0.3) is 0 Å². The number of hydrogen-bond donors (Lipinski definition) is 2. The molecule has 1 saturated heterocycles. The van der Waals surface area contributed by atoms with Crippen LogP contribution in [0, 0.1) is 11.3 Å². The van der Waals surface area contributed by atoms with Crippen molar-refractivity contribution in [3.8, 4) is 0 Å². The van der Waals surface area contributed by atoms with Crippen molar-refractivity contribution in [1.82, 2.24) is 10.6 Å². The van der Waals surface area contributed by atoms with Crippen LogP contribution in [0.4, 0.5) is 5.00 Å². The molecule has 0 radical (unpaired) electrons. The molecule has 134 valence electrons. The predicted octanol–water partition coefficient (Wildman–Crippen LogP) is 3.69. The minimum absolute atomic E-state index is 0. The maximum atomic E-state index is 4.44. The molecule has 0 unspecified atom stereocenters. The first-order chi connectivity index (χ1) is 11.3. The quantitative estimate of drug-likeness (QED) is 0.400. The van der Waals surface area contributed by atoms with E-state index in [9.17, 15) is 0 Å². The molecule has 2 saturated carbocycles. The van der Waals surface area contributed by atoms with E-state index >= 15 is 0 Å². The number of nitrogens with zero attached hydrogens (tertiary/aromatic N) is 2. The molecule has 1 aromatic heterocycles. The summed E-state index contributed by atoms with van der Waals surface area (Å²) in [5.74, 6) is 2.01. The third-order valence-electron chi connectivity index (χ3n) is 5.82. The third kappa shape index (κ3) is 4.18. The van der Waals surface area contributed by atoms with Crippen molar-refractivity contribution in [2.75, 3.05) is 31.6 Å². The van der Waals surface area contributed by atoms with Gasteiger partial charge in [0.2, 0.25) is 0 Å². The summed E-state index contributed by atoms with van der Waals surface area (Å²) in [6.07, 6.45) is 8.12. The fraction of sp³-hybridized carbons (Fsp3) is 0.722. The second kappa shape index (κ2) is 7.81. The highest BCUT2D eigenvalue weighted by Crippen LogP contribution is 2.60. The van der Waals surface area contributed by atoms with E-state index in [1.54, 1.807) is 0 Å². The summed E-state index contributed by atoms with van der Waals surface area (Å²) in [4.78, 5) is 6.95. The lowest BCUT2D eigenvalue weighted by Gasteiger charge is -2.33. The highest BCUT2D eigenvalue weighted by molar-refractivity contribution is 14.0. The van der Waals surface area contributed by atoms with Crippen LogP contribution in [0.2, 0.25) is 0 Å². The van der Waals surface area contributed by atoms with Gasteiger partial charge in [0, 0.05) is 32.7 Å². The Hall–Kier alpha value is -0.500. The molecule has 2 N–H and O–H groups in total. The van der Waals surface area contributed by atoms with Gasteiger partial charge in [0.25, 0.3) is 0 Å². The Morgan fingerprint density at radius 3 is 2.58 bits per heavy atom. The van der Waals surface area contributed by atoms with Crippen molar-refractivity contribution in [2.45, 2.75) is 44.6 Å². The molecule has 0 aromatic carbocycles. The molecule has 4 rings (SSSR count). The summed E-state index contributed by atoms with van der Waals surface area (Å²) in [6, 6.07) is 4.92. The van der Waals surface area contributed by atoms with Crippen LogP contribution in [-0.2, 0) is 0 Å². The van der Waals surface area contributed by atoms with Crippen LogP contribution < -0.4 is 15.5 Å². The van der Waals surface area contributed by atoms with E-state index in [1.807, 2.05) is 18.4 Å². The molecule has 4 nitrogen and oxygen atoms in total. The first-order valence-electron chi connectivity index (χ1n) is 9.05. The maximum Gasteiger partial charge on any atom is 0.191 e. The standard InChI is InChI=1S/C18H28N4S.HI/c1-19-17(20-13-18(8-9-18)14-4-5-14)21-15-6-10-22(11-7-15)16-3-2-12-23-16;/h2-3,12,14-15H,4-11,13H2,1H3,(H2,19,20,21);1H. The first-order valence-corrected chi connectivity index (χ1v) is 9.93.